The molecule has 1 heterocycles. The van der Waals surface area contributed by atoms with Crippen LogP contribution in [0.1, 0.15) is 12.5 Å². The fraction of sp³-hybridized carbons (Fsp3) is 0.154. The quantitative estimate of drug-likeness (QED) is 0.775. The van der Waals surface area contributed by atoms with Gasteiger partial charge in [0.25, 0.3) is 5.82 Å². The number of hydrogen-bond donors (Lipinski definition) is 2. The summed E-state index contributed by atoms with van der Waals surface area (Å²) in [5.41, 5.74) is 8.23. The van der Waals surface area contributed by atoms with E-state index in [1.54, 1.807) is 28.8 Å². The summed E-state index contributed by atoms with van der Waals surface area (Å²) < 4.78 is 1.75. The number of hydrogen-bond acceptors (Lipinski definition) is 2. The van der Waals surface area contributed by atoms with Gasteiger partial charge in [0.2, 0.25) is 0 Å². The van der Waals surface area contributed by atoms with E-state index in [-0.39, 0.29) is 5.75 Å². The third-order valence-corrected chi connectivity index (χ3v) is 2.71. The summed E-state index contributed by atoms with van der Waals surface area (Å²) in [5, 5.41) is 9.24. The summed E-state index contributed by atoms with van der Waals surface area (Å²) >= 11 is 0. The number of nitrogen functional groups attached to an aromatic ring is 1. The van der Waals surface area contributed by atoms with Crippen molar-refractivity contribution >= 4 is 11.5 Å². The van der Waals surface area contributed by atoms with Crippen molar-refractivity contribution in [3.63, 3.8) is 0 Å². The van der Waals surface area contributed by atoms with Crippen LogP contribution in [-0.2, 0) is 6.42 Å². The van der Waals surface area contributed by atoms with Crippen LogP contribution in [0.3, 0.4) is 0 Å². The van der Waals surface area contributed by atoms with E-state index in [9.17, 15) is 5.11 Å². The third-order valence-electron chi connectivity index (χ3n) is 2.71. The molecule has 0 saturated heterocycles. The molecule has 0 saturated carbocycles. The average molecular weight is 227 g/mol. The van der Waals surface area contributed by atoms with Gasteiger partial charge in [0.15, 0.2) is 0 Å². The Morgan fingerprint density at radius 1 is 1.35 bits per heavy atom. The Hall–Kier alpha value is -2.41. The second-order valence-electron chi connectivity index (χ2n) is 3.74. The lowest BCUT2D eigenvalue weighted by molar-refractivity contribution is 0.475. The number of nitrogens with two attached hydrogens (primary N) is 1. The van der Waals surface area contributed by atoms with Crippen molar-refractivity contribution in [1.82, 2.24) is 4.57 Å². The number of aromatic hydroxyl groups is 1. The second-order valence-corrected chi connectivity index (χ2v) is 3.74. The standard InChI is InChI=1S/C13H13N3O/c1-3-9-8-16(13(15-2)12(9)14)10-4-6-11(17)7-5-10/h4-8,17H,3,14H2,1H3. The maximum Gasteiger partial charge on any atom is 0.258 e. The number of nitrogens with zero attached hydrogens (tertiary/aromatic N) is 2. The van der Waals surface area contributed by atoms with Crippen molar-refractivity contribution in [2.24, 2.45) is 0 Å². The highest BCUT2D eigenvalue weighted by Crippen LogP contribution is 2.32. The van der Waals surface area contributed by atoms with Crippen molar-refractivity contribution in [3.8, 4) is 11.4 Å². The first-order valence-electron chi connectivity index (χ1n) is 5.34. The molecule has 2 rings (SSSR count). The molecule has 3 N–H and O–H groups in total. The lowest BCUT2D eigenvalue weighted by Crippen LogP contribution is -1.90. The predicted octanol–water partition coefficient (Wildman–Crippen LogP) is 2.88. The van der Waals surface area contributed by atoms with Gasteiger partial charge in [-0.15, -0.1) is 0 Å². The topological polar surface area (TPSA) is 55.5 Å². The number of phenolic OH excluding ortho intramolecular Hbond substituents is 1. The molecule has 4 heteroatoms. The summed E-state index contributed by atoms with van der Waals surface area (Å²) in [6, 6.07) is 6.68. The summed E-state index contributed by atoms with van der Waals surface area (Å²) in [4.78, 5) is 3.46. The fourth-order valence-electron chi connectivity index (χ4n) is 1.77. The minimum absolute atomic E-state index is 0.203. The molecule has 1 aromatic carbocycles. The molecule has 0 fully saturated rings. The fourth-order valence-corrected chi connectivity index (χ4v) is 1.77. The Morgan fingerprint density at radius 2 is 2.00 bits per heavy atom. The van der Waals surface area contributed by atoms with Gasteiger partial charge in [0.05, 0.1) is 11.9 Å². The highest BCUT2D eigenvalue weighted by Gasteiger charge is 2.14. The van der Waals surface area contributed by atoms with E-state index in [1.165, 1.54) is 0 Å². The molecule has 2 aromatic rings. The lowest BCUT2D eigenvalue weighted by Gasteiger charge is -2.01. The zero-order valence-corrected chi connectivity index (χ0v) is 9.51. The van der Waals surface area contributed by atoms with E-state index in [0.29, 0.717) is 11.5 Å². The average Bonchev–Trinajstić information content (AvgIpc) is 2.66. The molecule has 0 spiro atoms. The Kier molecular flexibility index (Phi) is 2.75. The molecule has 4 nitrogen and oxygen atoms in total. The van der Waals surface area contributed by atoms with Crippen LogP contribution in [0.5, 0.6) is 5.75 Å². The molecule has 0 radical (unpaired) electrons. The van der Waals surface area contributed by atoms with Crippen molar-refractivity contribution < 1.29 is 5.11 Å². The number of aryl methyl sites for hydroxylation is 1. The molecule has 0 unspecified atom stereocenters. The third kappa shape index (κ3) is 1.83. The van der Waals surface area contributed by atoms with Crippen molar-refractivity contribution in [2.75, 3.05) is 5.73 Å². The van der Waals surface area contributed by atoms with Crippen LogP contribution in [0.15, 0.2) is 30.5 Å². The minimum Gasteiger partial charge on any atom is -0.508 e. The van der Waals surface area contributed by atoms with E-state index in [1.807, 2.05) is 13.1 Å². The zero-order valence-electron chi connectivity index (χ0n) is 9.51. The van der Waals surface area contributed by atoms with Gasteiger partial charge in [0, 0.05) is 5.56 Å². The summed E-state index contributed by atoms with van der Waals surface area (Å²) in [5.74, 6) is 0.626. The summed E-state index contributed by atoms with van der Waals surface area (Å²) in [6.07, 6.45) is 2.66. The van der Waals surface area contributed by atoms with Gasteiger partial charge in [-0.3, -0.25) is 4.57 Å². The van der Waals surface area contributed by atoms with Crippen LogP contribution in [-0.4, -0.2) is 9.67 Å². The van der Waals surface area contributed by atoms with Crippen molar-refractivity contribution in [1.29, 1.82) is 0 Å². The van der Waals surface area contributed by atoms with E-state index in [2.05, 4.69) is 4.85 Å². The number of phenols is 1. The Labute approximate surface area is 99.7 Å². The first-order chi connectivity index (χ1) is 8.17. The molecular formula is C13H13N3O. The largest absolute Gasteiger partial charge is 0.508 e. The first-order valence-corrected chi connectivity index (χ1v) is 5.34. The monoisotopic (exact) mass is 227 g/mol. The van der Waals surface area contributed by atoms with Gasteiger partial charge >= 0.3 is 0 Å². The van der Waals surface area contributed by atoms with E-state index in [4.69, 9.17) is 12.3 Å². The van der Waals surface area contributed by atoms with E-state index >= 15 is 0 Å². The zero-order chi connectivity index (χ0) is 12.4. The van der Waals surface area contributed by atoms with Crippen LogP contribution in [0.2, 0.25) is 0 Å². The molecular weight excluding hydrogens is 214 g/mol. The van der Waals surface area contributed by atoms with Gasteiger partial charge in [-0.1, -0.05) is 13.5 Å². The first kappa shape index (κ1) is 11.1. The number of benzene rings is 1. The lowest BCUT2D eigenvalue weighted by atomic mass is 10.2. The Balaban J connectivity index is 2.59. The second kappa shape index (κ2) is 4.22. The molecule has 0 aliphatic carbocycles. The normalized spacial score (nSPS) is 10.1. The molecule has 86 valence electrons. The van der Waals surface area contributed by atoms with Crippen LogP contribution in [0, 0.1) is 6.57 Å². The highest BCUT2D eigenvalue weighted by molar-refractivity contribution is 5.71. The summed E-state index contributed by atoms with van der Waals surface area (Å²) in [6.45, 7) is 9.18. The molecule has 17 heavy (non-hydrogen) atoms. The molecule has 0 aliphatic rings. The highest BCUT2D eigenvalue weighted by atomic mass is 16.3. The molecule has 0 atom stereocenters. The van der Waals surface area contributed by atoms with Crippen molar-refractivity contribution in [2.45, 2.75) is 13.3 Å². The van der Waals surface area contributed by atoms with Crippen molar-refractivity contribution in [3.05, 3.63) is 47.4 Å². The van der Waals surface area contributed by atoms with Crippen LogP contribution < -0.4 is 5.73 Å². The van der Waals surface area contributed by atoms with Gasteiger partial charge in [-0.2, -0.15) is 0 Å². The summed E-state index contributed by atoms with van der Waals surface area (Å²) in [7, 11) is 0. The van der Waals surface area contributed by atoms with Crippen LogP contribution >= 0.6 is 0 Å². The Bertz CT molecular complexity index is 576. The molecule has 0 bridgehead atoms. The molecule has 0 aliphatic heterocycles. The Morgan fingerprint density at radius 3 is 2.53 bits per heavy atom. The van der Waals surface area contributed by atoms with E-state index in [0.717, 1.165) is 17.7 Å². The van der Waals surface area contributed by atoms with E-state index < -0.39 is 0 Å². The number of rotatable bonds is 2. The van der Waals surface area contributed by atoms with Gasteiger partial charge in [-0.25, -0.2) is 0 Å². The smallest absolute Gasteiger partial charge is 0.258 e. The van der Waals surface area contributed by atoms with Crippen LogP contribution in [0.4, 0.5) is 11.5 Å². The maximum absolute atomic E-state index is 9.24. The number of aromatic nitrogens is 1. The predicted molar refractivity (Wildman–Crippen MR) is 67.5 cm³/mol. The van der Waals surface area contributed by atoms with Gasteiger partial charge in [0.1, 0.15) is 11.4 Å². The number of anilines is 1. The van der Waals surface area contributed by atoms with Crippen LogP contribution in [0.25, 0.3) is 10.5 Å². The maximum atomic E-state index is 9.24. The molecule has 0 amide bonds. The molecule has 1 aromatic heterocycles. The SMILES string of the molecule is [C-]#[N+]c1c(N)c(CC)cn1-c1ccc(O)cc1. The van der Waals surface area contributed by atoms with Gasteiger partial charge < -0.3 is 15.7 Å². The van der Waals surface area contributed by atoms with Gasteiger partial charge in [-0.05, 0) is 30.7 Å². The minimum atomic E-state index is 0.203.